The Kier molecular flexibility index (Phi) is 5.63. The van der Waals surface area contributed by atoms with E-state index in [2.05, 4.69) is 0 Å². The molecule has 0 radical (unpaired) electrons. The molecule has 1 N–H and O–H groups in total. The highest BCUT2D eigenvalue weighted by Crippen LogP contribution is 2.35. The number of allylic oxidation sites excluding steroid dienone is 2. The van der Waals surface area contributed by atoms with Crippen molar-refractivity contribution in [3.63, 3.8) is 0 Å². The van der Waals surface area contributed by atoms with Gasteiger partial charge in [0, 0.05) is 29.6 Å². The summed E-state index contributed by atoms with van der Waals surface area (Å²) in [6.45, 7) is 1.70. The lowest BCUT2D eigenvalue weighted by molar-refractivity contribution is -0.146. The highest BCUT2D eigenvalue weighted by molar-refractivity contribution is 6.05. The number of carbonyl (C=O) groups excluding carboxylic acids is 3. The van der Waals surface area contributed by atoms with Crippen molar-refractivity contribution in [2.24, 2.45) is 11.8 Å². The smallest absolute Gasteiger partial charge is 0.336 e. The molecule has 1 aromatic carbocycles. The van der Waals surface area contributed by atoms with E-state index in [1.165, 1.54) is 12.1 Å². The summed E-state index contributed by atoms with van der Waals surface area (Å²) >= 11 is 0. The molecule has 4 rings (SSSR count). The van der Waals surface area contributed by atoms with Crippen LogP contribution >= 0.6 is 0 Å². The molecule has 1 aromatic heterocycles. The van der Waals surface area contributed by atoms with Crippen molar-refractivity contribution in [3.8, 4) is 5.75 Å². The van der Waals surface area contributed by atoms with Crippen LogP contribution in [0.25, 0.3) is 11.0 Å². The highest BCUT2D eigenvalue weighted by atomic mass is 16.5. The van der Waals surface area contributed by atoms with Crippen LogP contribution in [0, 0.1) is 11.8 Å². The molecule has 2 amide bonds. The predicted molar refractivity (Wildman–Crippen MR) is 110 cm³/mol. The molecule has 0 bridgehead atoms. The third kappa shape index (κ3) is 3.97. The maximum absolute atomic E-state index is 12.5. The van der Waals surface area contributed by atoms with Crippen molar-refractivity contribution in [1.29, 1.82) is 0 Å². The fraction of sp³-hybridized carbons (Fsp3) is 0.391. The maximum atomic E-state index is 12.5. The van der Waals surface area contributed by atoms with E-state index in [-0.39, 0.29) is 54.6 Å². The summed E-state index contributed by atoms with van der Waals surface area (Å²) in [5, 5.41) is 10.6. The molecule has 2 atom stereocenters. The molecule has 2 aromatic rings. The minimum Gasteiger partial charge on any atom is -0.508 e. The molecule has 1 aliphatic carbocycles. The SMILES string of the molecule is CCc1cc2c(COC(=O)CCN3C(=O)[C@@H]4CC=CC[C@H]4C3=O)cc(=O)oc2cc1O. The minimum atomic E-state index is -0.619. The number of nitrogens with zero attached hydrogens (tertiary/aromatic N) is 1. The van der Waals surface area contributed by atoms with Crippen LogP contribution in [0.15, 0.2) is 39.6 Å². The Morgan fingerprint density at radius 3 is 2.42 bits per heavy atom. The van der Waals surface area contributed by atoms with Gasteiger partial charge in [-0.05, 0) is 30.9 Å². The van der Waals surface area contributed by atoms with Crippen LogP contribution < -0.4 is 5.63 Å². The minimum absolute atomic E-state index is 0.0188. The quantitative estimate of drug-likeness (QED) is 0.327. The zero-order valence-corrected chi connectivity index (χ0v) is 17.1. The summed E-state index contributed by atoms with van der Waals surface area (Å²) in [7, 11) is 0. The lowest BCUT2D eigenvalue weighted by Crippen LogP contribution is -2.33. The molecular formula is C23H23NO7. The molecule has 2 aliphatic rings. The van der Waals surface area contributed by atoms with Crippen LogP contribution in [0.5, 0.6) is 5.75 Å². The Hall–Kier alpha value is -3.42. The molecule has 31 heavy (non-hydrogen) atoms. The summed E-state index contributed by atoms with van der Waals surface area (Å²) in [4.78, 5) is 50.2. The Bertz CT molecular complexity index is 1120. The molecular weight excluding hydrogens is 402 g/mol. The number of rotatable bonds is 6. The number of amides is 2. The van der Waals surface area contributed by atoms with Gasteiger partial charge in [0.05, 0.1) is 18.3 Å². The van der Waals surface area contributed by atoms with Crippen LogP contribution in [0.3, 0.4) is 0 Å². The summed E-state index contributed by atoms with van der Waals surface area (Å²) < 4.78 is 10.4. The summed E-state index contributed by atoms with van der Waals surface area (Å²) in [6, 6.07) is 4.32. The lowest BCUT2D eigenvalue weighted by atomic mass is 9.85. The summed E-state index contributed by atoms with van der Waals surface area (Å²) in [6.07, 6.45) is 5.38. The van der Waals surface area contributed by atoms with Crippen molar-refractivity contribution in [2.45, 2.75) is 39.2 Å². The number of fused-ring (bicyclic) bond motifs is 2. The van der Waals surface area contributed by atoms with E-state index in [1.54, 1.807) is 6.07 Å². The Labute approximate surface area is 178 Å². The zero-order chi connectivity index (χ0) is 22.1. The van der Waals surface area contributed by atoms with E-state index in [9.17, 15) is 24.3 Å². The molecule has 1 saturated heterocycles. The molecule has 0 unspecified atom stereocenters. The van der Waals surface area contributed by atoms with Crippen LogP contribution in [0.4, 0.5) is 0 Å². The number of carbonyl (C=O) groups is 3. The molecule has 2 heterocycles. The van der Waals surface area contributed by atoms with Gasteiger partial charge >= 0.3 is 11.6 Å². The van der Waals surface area contributed by atoms with Gasteiger partial charge in [-0.25, -0.2) is 4.79 Å². The van der Waals surface area contributed by atoms with Crippen molar-refractivity contribution in [1.82, 2.24) is 4.90 Å². The highest BCUT2D eigenvalue weighted by Gasteiger charge is 2.46. The average Bonchev–Trinajstić information content (AvgIpc) is 3.00. The van der Waals surface area contributed by atoms with Crippen LogP contribution in [0.1, 0.15) is 37.3 Å². The largest absolute Gasteiger partial charge is 0.508 e. The Morgan fingerprint density at radius 2 is 1.77 bits per heavy atom. The Balaban J connectivity index is 1.41. The predicted octanol–water partition coefficient (Wildman–Crippen LogP) is 2.45. The second kappa shape index (κ2) is 8.37. The van der Waals surface area contributed by atoms with Gasteiger partial charge in [-0.2, -0.15) is 0 Å². The molecule has 1 aliphatic heterocycles. The molecule has 162 valence electrons. The average molecular weight is 425 g/mol. The van der Waals surface area contributed by atoms with Gasteiger partial charge in [0.15, 0.2) is 0 Å². The third-order valence-corrected chi connectivity index (χ3v) is 5.94. The van der Waals surface area contributed by atoms with Gasteiger partial charge in [0.1, 0.15) is 17.9 Å². The number of phenols is 1. The topological polar surface area (TPSA) is 114 Å². The molecule has 8 nitrogen and oxygen atoms in total. The van der Waals surface area contributed by atoms with Crippen LogP contribution in [0.2, 0.25) is 0 Å². The molecule has 0 spiro atoms. The second-order valence-electron chi connectivity index (χ2n) is 7.82. The first-order valence-corrected chi connectivity index (χ1v) is 10.3. The van der Waals surface area contributed by atoms with E-state index in [4.69, 9.17) is 9.15 Å². The van der Waals surface area contributed by atoms with Gasteiger partial charge in [-0.15, -0.1) is 0 Å². The molecule has 1 fully saturated rings. The fourth-order valence-electron chi connectivity index (χ4n) is 4.23. The van der Waals surface area contributed by atoms with Gasteiger partial charge in [0.2, 0.25) is 11.8 Å². The number of hydrogen-bond acceptors (Lipinski definition) is 7. The van der Waals surface area contributed by atoms with Gasteiger partial charge in [-0.1, -0.05) is 19.1 Å². The van der Waals surface area contributed by atoms with Gasteiger partial charge < -0.3 is 14.3 Å². The van der Waals surface area contributed by atoms with Crippen LogP contribution in [-0.4, -0.2) is 34.3 Å². The summed E-state index contributed by atoms with van der Waals surface area (Å²) in [5.74, 6) is -1.66. The first-order chi connectivity index (χ1) is 14.9. The Morgan fingerprint density at radius 1 is 1.10 bits per heavy atom. The number of hydrogen-bond donors (Lipinski definition) is 1. The number of likely N-dealkylation sites (tertiary alicyclic amines) is 1. The number of phenolic OH excluding ortho intramolecular Hbond substituents is 1. The zero-order valence-electron chi connectivity index (χ0n) is 17.1. The fourth-order valence-corrected chi connectivity index (χ4v) is 4.23. The lowest BCUT2D eigenvalue weighted by Gasteiger charge is -2.14. The summed E-state index contributed by atoms with van der Waals surface area (Å²) in [5.41, 5.74) is 0.722. The van der Waals surface area contributed by atoms with E-state index >= 15 is 0 Å². The number of aromatic hydroxyl groups is 1. The van der Waals surface area contributed by atoms with E-state index < -0.39 is 11.6 Å². The van der Waals surface area contributed by atoms with Crippen molar-refractivity contribution >= 4 is 28.8 Å². The number of aryl methyl sites for hydroxylation is 1. The number of benzene rings is 1. The van der Waals surface area contributed by atoms with Crippen LogP contribution in [-0.2, 0) is 32.1 Å². The van der Waals surface area contributed by atoms with E-state index in [1.807, 2.05) is 19.1 Å². The normalized spacial score (nSPS) is 20.4. The first-order valence-electron chi connectivity index (χ1n) is 10.3. The second-order valence-corrected chi connectivity index (χ2v) is 7.82. The van der Waals surface area contributed by atoms with Crippen molar-refractivity contribution in [2.75, 3.05) is 6.54 Å². The van der Waals surface area contributed by atoms with Gasteiger partial charge in [-0.3, -0.25) is 19.3 Å². The number of ether oxygens (including phenoxy) is 1. The monoisotopic (exact) mass is 425 g/mol. The first kappa shape index (κ1) is 20.8. The van der Waals surface area contributed by atoms with E-state index in [0.717, 1.165) is 4.90 Å². The number of esters is 1. The number of imide groups is 1. The standard InChI is InChI=1S/C23H23NO7/c1-2-13-9-17-14(10-21(27)31-19(17)11-18(13)25)12-30-20(26)7-8-24-22(28)15-5-3-4-6-16(15)23(24)29/h3-4,9-11,15-16,25H,2,5-8,12H2,1H3/t15-,16-/m1/s1. The van der Waals surface area contributed by atoms with Gasteiger partial charge in [0.25, 0.3) is 0 Å². The third-order valence-electron chi connectivity index (χ3n) is 5.94. The van der Waals surface area contributed by atoms with Crippen molar-refractivity contribution < 1.29 is 28.6 Å². The molecule has 8 heteroatoms. The van der Waals surface area contributed by atoms with E-state index in [0.29, 0.717) is 35.8 Å². The molecule has 0 saturated carbocycles. The van der Waals surface area contributed by atoms with Crippen molar-refractivity contribution in [3.05, 3.63) is 51.9 Å². The maximum Gasteiger partial charge on any atom is 0.336 e.